The van der Waals surface area contributed by atoms with E-state index in [1.807, 2.05) is 48.5 Å². The van der Waals surface area contributed by atoms with E-state index in [-0.39, 0.29) is 24.7 Å². The molecule has 0 aliphatic carbocycles. The number of amides is 2. The van der Waals surface area contributed by atoms with E-state index in [0.29, 0.717) is 53.4 Å². The summed E-state index contributed by atoms with van der Waals surface area (Å²) in [5.74, 6) is -0.0412. The van der Waals surface area contributed by atoms with Crippen molar-refractivity contribution in [1.29, 1.82) is 0 Å². The van der Waals surface area contributed by atoms with Crippen molar-refractivity contribution in [1.82, 2.24) is 4.90 Å². The molecule has 47 heavy (non-hydrogen) atoms. The van der Waals surface area contributed by atoms with E-state index in [0.717, 1.165) is 16.0 Å². The molecule has 4 aromatic rings. The maximum Gasteiger partial charge on any atom is 0.412 e. The predicted molar refractivity (Wildman–Crippen MR) is 179 cm³/mol. The molecular weight excluding hydrogens is 616 g/mol. The molecule has 1 aromatic heterocycles. The largest absolute Gasteiger partial charge is 0.486 e. The number of ketones is 1. The van der Waals surface area contributed by atoms with Crippen molar-refractivity contribution in [3.05, 3.63) is 107 Å². The van der Waals surface area contributed by atoms with Crippen molar-refractivity contribution in [2.75, 3.05) is 18.4 Å². The topological polar surface area (TPSA) is 111 Å². The van der Waals surface area contributed by atoms with Gasteiger partial charge in [-0.15, -0.1) is 11.3 Å². The molecule has 0 radical (unpaired) electrons. The summed E-state index contributed by atoms with van der Waals surface area (Å²) < 4.78 is 17.3. The number of benzene rings is 3. The van der Waals surface area contributed by atoms with Crippen LogP contribution in [0.4, 0.5) is 9.80 Å². The second-order valence-corrected chi connectivity index (χ2v) is 13.8. The molecule has 3 aromatic carbocycles. The number of carbonyl (C=O) groups excluding carboxylic acids is 4. The van der Waals surface area contributed by atoms with E-state index in [2.05, 4.69) is 5.32 Å². The summed E-state index contributed by atoms with van der Waals surface area (Å²) in [6.07, 6.45) is 0.622. The molecule has 2 amide bonds. The zero-order chi connectivity index (χ0) is 33.2. The number of esters is 1. The minimum Gasteiger partial charge on any atom is -0.486 e. The quantitative estimate of drug-likeness (QED) is 0.212. The summed E-state index contributed by atoms with van der Waals surface area (Å²) in [6.45, 7) is 6.27. The van der Waals surface area contributed by atoms with Crippen molar-refractivity contribution in [2.45, 2.75) is 57.8 Å². The summed E-state index contributed by atoms with van der Waals surface area (Å²) in [5.41, 5.74) is 1.62. The predicted octanol–water partition coefficient (Wildman–Crippen LogP) is 7.76. The van der Waals surface area contributed by atoms with Crippen LogP contribution in [-0.4, -0.2) is 52.9 Å². The zero-order valence-corrected chi connectivity index (χ0v) is 27.4. The zero-order valence-electron chi connectivity index (χ0n) is 26.5. The van der Waals surface area contributed by atoms with Crippen LogP contribution in [0.3, 0.4) is 0 Å². The Bertz CT molecular complexity index is 1800. The number of piperidine rings is 1. The molecule has 3 heterocycles. The molecule has 1 fully saturated rings. The molecular formula is C37H36N2O7S. The molecule has 9 nitrogen and oxygen atoms in total. The van der Waals surface area contributed by atoms with Crippen LogP contribution in [0.1, 0.15) is 76.7 Å². The molecule has 1 N–H and O–H groups in total. The number of Topliss-reactive ketones (excluding diaryl/α,β-unsaturated/α-hetero) is 1. The molecule has 0 saturated carbocycles. The Morgan fingerprint density at radius 1 is 0.936 bits per heavy atom. The van der Waals surface area contributed by atoms with Crippen molar-refractivity contribution >= 4 is 40.1 Å². The maximum atomic E-state index is 14.0. The maximum absolute atomic E-state index is 14.0. The Morgan fingerprint density at radius 2 is 1.62 bits per heavy atom. The Kier molecular flexibility index (Phi) is 8.88. The van der Waals surface area contributed by atoms with Crippen LogP contribution in [0.15, 0.2) is 84.9 Å². The number of fused-ring (bicyclic) bond motifs is 1. The minimum absolute atomic E-state index is 0.0495. The lowest BCUT2D eigenvalue weighted by molar-refractivity contribution is -0.00569. The third kappa shape index (κ3) is 7.38. The summed E-state index contributed by atoms with van der Waals surface area (Å²) in [4.78, 5) is 54.8. The summed E-state index contributed by atoms with van der Waals surface area (Å²) in [5, 5.41) is 3.14. The summed E-state index contributed by atoms with van der Waals surface area (Å²) in [6, 6.07) is 25.4. The number of ether oxygens (including phenoxy) is 3. The van der Waals surface area contributed by atoms with Gasteiger partial charge in [0, 0.05) is 30.8 Å². The fraction of sp³-hybridized carbons (Fsp3) is 0.297. The van der Waals surface area contributed by atoms with Gasteiger partial charge in [0.05, 0.1) is 23.1 Å². The van der Waals surface area contributed by atoms with E-state index < -0.39 is 23.3 Å². The average molecular weight is 653 g/mol. The second kappa shape index (κ2) is 13.0. The molecule has 0 atom stereocenters. The van der Waals surface area contributed by atoms with Gasteiger partial charge in [-0.2, -0.15) is 0 Å². The van der Waals surface area contributed by atoms with Crippen molar-refractivity contribution in [2.24, 2.45) is 0 Å². The van der Waals surface area contributed by atoms with Crippen LogP contribution >= 0.6 is 11.3 Å². The number of hydrogen-bond donors (Lipinski definition) is 1. The minimum atomic E-state index is -0.726. The van der Waals surface area contributed by atoms with Crippen LogP contribution in [0.2, 0.25) is 0 Å². The van der Waals surface area contributed by atoms with E-state index >= 15 is 0 Å². The van der Waals surface area contributed by atoms with Crippen LogP contribution in [0.5, 0.6) is 5.75 Å². The monoisotopic (exact) mass is 652 g/mol. The molecule has 2 aliphatic heterocycles. The molecule has 10 heteroatoms. The number of anilines is 1. The summed E-state index contributed by atoms with van der Waals surface area (Å²) >= 11 is 1.25. The Morgan fingerprint density at radius 3 is 2.32 bits per heavy atom. The van der Waals surface area contributed by atoms with Crippen molar-refractivity contribution < 1.29 is 33.4 Å². The Balaban J connectivity index is 1.19. The standard InChI is InChI=1S/C37H36N2O7S/c1-36(2,3)46-35(43)38-32-28(33(41)39-19-17-37(18-20-39)22-29(40)27-11-7-8-12-30(27)45-37)21-31(47-32)25-13-15-26(16-14-25)34(42)44-23-24-9-5-4-6-10-24/h4-16,21H,17-20,22-23H2,1-3H3,(H,38,43). The fourth-order valence-corrected chi connectivity index (χ4v) is 6.81. The first-order valence-corrected chi connectivity index (χ1v) is 16.4. The van der Waals surface area contributed by atoms with Crippen molar-refractivity contribution in [3.8, 4) is 16.2 Å². The number of likely N-dealkylation sites (tertiary alicyclic amines) is 1. The highest BCUT2D eigenvalue weighted by atomic mass is 32.1. The van der Waals surface area contributed by atoms with Gasteiger partial charge in [0.2, 0.25) is 0 Å². The molecule has 2 aliphatic rings. The Labute approximate surface area is 277 Å². The number of carbonyl (C=O) groups is 4. The molecule has 6 rings (SSSR count). The van der Waals surface area contributed by atoms with Crippen LogP contribution in [0.25, 0.3) is 10.4 Å². The number of hydrogen-bond acceptors (Lipinski definition) is 8. The van der Waals surface area contributed by atoms with Gasteiger partial charge in [0.1, 0.15) is 28.6 Å². The summed E-state index contributed by atoms with van der Waals surface area (Å²) in [7, 11) is 0. The van der Waals surface area contributed by atoms with Gasteiger partial charge in [-0.05, 0) is 62.2 Å². The third-order valence-corrected chi connectivity index (χ3v) is 9.25. The number of para-hydroxylation sites is 1. The van der Waals surface area contributed by atoms with Crippen LogP contribution in [-0.2, 0) is 16.1 Å². The van der Waals surface area contributed by atoms with Gasteiger partial charge >= 0.3 is 12.1 Å². The Hall–Kier alpha value is -4.96. The van der Waals surface area contributed by atoms with E-state index in [1.54, 1.807) is 62.1 Å². The number of nitrogens with one attached hydrogen (secondary N) is 1. The highest BCUT2D eigenvalue weighted by Gasteiger charge is 2.44. The van der Waals surface area contributed by atoms with Gasteiger partial charge in [-0.3, -0.25) is 14.9 Å². The van der Waals surface area contributed by atoms with E-state index in [4.69, 9.17) is 14.2 Å². The number of rotatable bonds is 6. The highest BCUT2D eigenvalue weighted by molar-refractivity contribution is 7.20. The van der Waals surface area contributed by atoms with Gasteiger partial charge in [0.15, 0.2) is 5.78 Å². The first-order chi connectivity index (χ1) is 22.5. The van der Waals surface area contributed by atoms with Crippen LogP contribution < -0.4 is 10.1 Å². The van der Waals surface area contributed by atoms with E-state index in [1.165, 1.54) is 11.3 Å². The molecule has 0 bridgehead atoms. The third-order valence-electron chi connectivity index (χ3n) is 8.15. The molecule has 0 unspecified atom stereocenters. The van der Waals surface area contributed by atoms with Gasteiger partial charge in [-0.1, -0.05) is 54.6 Å². The smallest absolute Gasteiger partial charge is 0.412 e. The lowest BCUT2D eigenvalue weighted by Crippen LogP contribution is -2.52. The fourth-order valence-electron chi connectivity index (χ4n) is 5.77. The van der Waals surface area contributed by atoms with Gasteiger partial charge < -0.3 is 19.1 Å². The SMILES string of the molecule is CC(C)(C)OC(=O)Nc1sc(-c2ccc(C(=O)OCc3ccccc3)cc2)cc1C(=O)N1CCC2(CC1)CC(=O)c1ccccc1O2. The highest BCUT2D eigenvalue weighted by Crippen LogP contribution is 2.41. The van der Waals surface area contributed by atoms with Crippen LogP contribution in [0, 0.1) is 0 Å². The van der Waals surface area contributed by atoms with Gasteiger partial charge in [0.25, 0.3) is 5.91 Å². The number of nitrogens with zero attached hydrogens (tertiary/aromatic N) is 1. The first-order valence-electron chi connectivity index (χ1n) is 15.5. The number of thiophene rings is 1. The average Bonchev–Trinajstić information content (AvgIpc) is 3.46. The van der Waals surface area contributed by atoms with E-state index in [9.17, 15) is 19.2 Å². The lowest BCUT2D eigenvalue weighted by Gasteiger charge is -2.43. The lowest BCUT2D eigenvalue weighted by atomic mass is 9.82. The van der Waals surface area contributed by atoms with Crippen molar-refractivity contribution in [3.63, 3.8) is 0 Å². The second-order valence-electron chi connectivity index (χ2n) is 12.8. The van der Waals surface area contributed by atoms with Gasteiger partial charge in [-0.25, -0.2) is 9.59 Å². The first kappa shape index (κ1) is 32.0. The molecule has 242 valence electrons. The normalized spacial score (nSPS) is 15.4. The molecule has 1 spiro atoms. The molecule has 1 saturated heterocycles.